The quantitative estimate of drug-likeness (QED) is 0.0712. The number of phenols is 1. The molecule has 4 N–H and O–H groups in total. The molecule has 1 aliphatic heterocycles. The third kappa shape index (κ3) is 11.1. The van der Waals surface area contributed by atoms with Crippen molar-refractivity contribution < 1.29 is 37.9 Å². The number of rotatable bonds is 19. The van der Waals surface area contributed by atoms with Crippen LogP contribution in [-0.2, 0) is 24.2 Å². The van der Waals surface area contributed by atoms with Crippen LogP contribution >= 0.6 is 23.5 Å². The van der Waals surface area contributed by atoms with Crippen molar-refractivity contribution in [2.24, 2.45) is 5.41 Å². The molecule has 0 aromatic heterocycles. The fraction of sp³-hybridized carbons (Fsp3) is 0.462. The number of hydrogen-bond acceptors (Lipinski definition) is 10. The van der Waals surface area contributed by atoms with Crippen LogP contribution in [-0.4, -0.2) is 73.0 Å². The number of hydrogen-bond donors (Lipinski definition) is 4. The van der Waals surface area contributed by atoms with Gasteiger partial charge in [0.25, 0.3) is 5.91 Å². The van der Waals surface area contributed by atoms with Gasteiger partial charge in [-0.1, -0.05) is 69.9 Å². The molecule has 1 heterocycles. The van der Waals surface area contributed by atoms with E-state index in [2.05, 4.69) is 29.5 Å². The third-order valence-corrected chi connectivity index (χ3v) is 12.9. The zero-order chi connectivity index (χ0) is 38.6. The van der Waals surface area contributed by atoms with E-state index in [1.165, 1.54) is 53.9 Å². The van der Waals surface area contributed by atoms with Crippen LogP contribution in [0.2, 0.25) is 0 Å². The lowest BCUT2D eigenvalue weighted by atomic mass is 9.79. The number of amides is 2. The number of aliphatic carboxylic acids is 1. The Bertz CT molecular complexity index is 1800. The fourth-order valence-electron chi connectivity index (χ4n) is 6.72. The number of phenolic OH excluding ortho intramolecular Hbond substituents is 1. The summed E-state index contributed by atoms with van der Waals surface area (Å²) in [6.45, 7) is 4.77. The Morgan fingerprint density at radius 2 is 1.64 bits per heavy atom. The Balaban J connectivity index is 1.67. The lowest BCUT2D eigenvalue weighted by Crippen LogP contribution is -2.44. The van der Waals surface area contributed by atoms with Crippen LogP contribution in [0.3, 0.4) is 0 Å². The molecule has 0 saturated heterocycles. The number of nitrogens with one attached hydrogen (secondary N) is 2. The molecule has 0 fully saturated rings. The lowest BCUT2D eigenvalue weighted by Gasteiger charge is -2.37. The van der Waals surface area contributed by atoms with Crippen molar-refractivity contribution in [3.8, 4) is 11.5 Å². The van der Waals surface area contributed by atoms with Gasteiger partial charge >= 0.3 is 5.97 Å². The number of carboxylic acid groups (broad SMARTS) is 1. The summed E-state index contributed by atoms with van der Waals surface area (Å²) in [5.74, 6) is -3.06. The maximum atomic E-state index is 14.4. The number of carboxylic acids is 1. The molecule has 53 heavy (non-hydrogen) atoms. The maximum Gasteiger partial charge on any atom is 0.326 e. The molecule has 11 nitrogen and oxygen atoms in total. The molecule has 0 bridgehead atoms. The average Bonchev–Trinajstić information content (AvgIpc) is 3.24. The van der Waals surface area contributed by atoms with Gasteiger partial charge in [-0.2, -0.15) is 17.2 Å². The Hall–Kier alpha value is -3.88. The molecule has 0 spiro atoms. The van der Waals surface area contributed by atoms with Crippen LogP contribution in [0.25, 0.3) is 0 Å². The molecule has 288 valence electrons. The first-order valence-corrected chi connectivity index (χ1v) is 22.2. The number of hydroxylamine groups is 1. The molecule has 2 amide bonds. The highest BCUT2D eigenvalue weighted by atomic mass is 32.2. The van der Waals surface area contributed by atoms with E-state index >= 15 is 0 Å². The number of fused-ring (bicyclic) bond motifs is 1. The predicted molar refractivity (Wildman–Crippen MR) is 212 cm³/mol. The van der Waals surface area contributed by atoms with Gasteiger partial charge in [-0.25, -0.2) is 13.2 Å². The first-order chi connectivity index (χ1) is 25.4. The second-order valence-corrected chi connectivity index (χ2v) is 17.3. The number of nitrogens with zero attached hydrogens (tertiary/aromatic N) is 1. The number of anilines is 2. The number of para-hydroxylation sites is 1. The second kappa shape index (κ2) is 19.4. The van der Waals surface area contributed by atoms with Gasteiger partial charge in [-0.3, -0.25) is 9.59 Å². The minimum Gasteiger partial charge on any atom is -0.508 e. The van der Waals surface area contributed by atoms with Crippen LogP contribution in [0, 0.1) is 5.41 Å². The van der Waals surface area contributed by atoms with Crippen molar-refractivity contribution >= 4 is 62.5 Å². The number of carbonyl (C=O) groups excluding carboxylic acids is 2. The number of benzene rings is 3. The summed E-state index contributed by atoms with van der Waals surface area (Å²) in [7, 11) is -3.84. The number of unbranched alkanes of at least 4 members (excludes halogenated alkanes) is 2. The zero-order valence-electron chi connectivity index (χ0n) is 30.8. The highest BCUT2D eigenvalue weighted by Crippen LogP contribution is 2.47. The van der Waals surface area contributed by atoms with Crippen molar-refractivity contribution in [3.05, 3.63) is 72.3 Å². The summed E-state index contributed by atoms with van der Waals surface area (Å²) in [6, 6.07) is 17.7. The molecule has 2 unspecified atom stereocenters. The minimum absolute atomic E-state index is 0.0154. The van der Waals surface area contributed by atoms with Crippen molar-refractivity contribution in [3.63, 3.8) is 0 Å². The van der Waals surface area contributed by atoms with E-state index in [0.29, 0.717) is 28.4 Å². The van der Waals surface area contributed by atoms with E-state index < -0.39 is 51.4 Å². The van der Waals surface area contributed by atoms with Crippen LogP contribution in [0.4, 0.5) is 11.4 Å². The average molecular weight is 786 g/mol. The molecule has 0 radical (unpaired) electrons. The topological polar surface area (TPSA) is 162 Å². The van der Waals surface area contributed by atoms with E-state index in [1.54, 1.807) is 6.07 Å². The van der Waals surface area contributed by atoms with E-state index in [0.717, 1.165) is 44.2 Å². The largest absolute Gasteiger partial charge is 0.508 e. The molecule has 2 atom stereocenters. The second-order valence-electron chi connectivity index (χ2n) is 13.5. The van der Waals surface area contributed by atoms with Gasteiger partial charge < -0.3 is 25.3 Å². The Labute approximate surface area is 321 Å². The molecular weight excluding hydrogens is 735 g/mol. The number of carbonyl (C=O) groups is 3. The molecule has 0 aliphatic carbocycles. The summed E-state index contributed by atoms with van der Waals surface area (Å²) < 4.78 is 28.8. The molecule has 14 heteroatoms. The van der Waals surface area contributed by atoms with Gasteiger partial charge in [0.15, 0.2) is 15.6 Å². The maximum absolute atomic E-state index is 14.4. The molecule has 1 aliphatic rings. The fourth-order valence-corrected chi connectivity index (χ4v) is 9.84. The van der Waals surface area contributed by atoms with E-state index in [9.17, 15) is 33.0 Å². The van der Waals surface area contributed by atoms with Crippen molar-refractivity contribution in [2.45, 2.75) is 87.0 Å². The first kappa shape index (κ1) is 41.9. The van der Waals surface area contributed by atoms with Crippen molar-refractivity contribution in [1.29, 1.82) is 0 Å². The first-order valence-electron chi connectivity index (χ1n) is 17.9. The van der Waals surface area contributed by atoms with Gasteiger partial charge in [0.2, 0.25) is 5.91 Å². The van der Waals surface area contributed by atoms with E-state index in [1.807, 2.05) is 42.8 Å². The molecular formula is C39H51N3O8S3. The van der Waals surface area contributed by atoms with Crippen molar-refractivity contribution in [2.75, 3.05) is 35.5 Å². The number of aromatic hydroxyl groups is 1. The van der Waals surface area contributed by atoms with Gasteiger partial charge in [-0.15, -0.1) is 11.8 Å². The van der Waals surface area contributed by atoms with Gasteiger partial charge in [0.1, 0.15) is 11.8 Å². The van der Waals surface area contributed by atoms with E-state index in [-0.39, 0.29) is 28.6 Å². The summed E-state index contributed by atoms with van der Waals surface area (Å²) >= 11 is 2.79. The van der Waals surface area contributed by atoms with Crippen LogP contribution in [0.5, 0.6) is 11.5 Å². The van der Waals surface area contributed by atoms with Gasteiger partial charge in [0.05, 0.1) is 27.1 Å². The van der Waals surface area contributed by atoms with Gasteiger partial charge in [-0.05, 0) is 73.4 Å². The van der Waals surface area contributed by atoms with Crippen LogP contribution in [0.15, 0.2) is 76.5 Å². The summed E-state index contributed by atoms with van der Waals surface area (Å²) in [6.07, 6.45) is 8.72. The monoisotopic (exact) mass is 785 g/mol. The summed E-state index contributed by atoms with van der Waals surface area (Å²) in [4.78, 5) is 47.5. The lowest BCUT2D eigenvalue weighted by molar-refractivity contribution is -0.142. The minimum atomic E-state index is -3.84. The van der Waals surface area contributed by atoms with Gasteiger partial charge in [0, 0.05) is 30.1 Å². The smallest absolute Gasteiger partial charge is 0.326 e. The Morgan fingerprint density at radius 1 is 0.981 bits per heavy atom. The predicted octanol–water partition coefficient (Wildman–Crippen LogP) is 7.31. The highest BCUT2D eigenvalue weighted by molar-refractivity contribution is 7.98. The molecule has 3 aromatic carbocycles. The molecule has 4 rings (SSSR count). The number of thioether (sulfide) groups is 2. The normalized spacial score (nSPS) is 15.7. The summed E-state index contributed by atoms with van der Waals surface area (Å²) in [5.41, 5.74) is 3.75. The summed E-state index contributed by atoms with van der Waals surface area (Å²) in [5, 5.41) is 22.1. The highest BCUT2D eigenvalue weighted by Gasteiger charge is 2.42. The zero-order valence-corrected chi connectivity index (χ0v) is 33.2. The molecule has 0 saturated carbocycles. The van der Waals surface area contributed by atoms with Crippen LogP contribution in [0.1, 0.15) is 76.7 Å². The standard InChI is InChI=1S/C39H51N3O8S3/c1-5-7-19-39(20-8-6-2)25-42(28-12-10-9-11-13-28)32-23-34(52-4)33(24-35(32)53(48,49)26-39)50-41-36(44)22-30(27-14-16-29(43)17-15-27)37(45)40-31(38(46)47)18-21-51-3/h9-17,23-24,30-31,43H,5-8,18-22,25-26H2,1-4H3,(H,40,45)(H,41,44)(H,46,47). The van der Waals surface area contributed by atoms with Crippen molar-refractivity contribution in [1.82, 2.24) is 10.8 Å². The SMILES string of the molecule is CCCCC1(CCCC)CN(c2ccccc2)c2cc(SC)c(ONC(=O)CC(C(=O)NC(CCSC)C(=O)O)c3ccc(O)cc3)cc2S(=O)(=O)C1. The third-order valence-electron chi connectivity index (χ3n) is 9.55. The molecule has 3 aromatic rings. The van der Waals surface area contributed by atoms with Crippen LogP contribution < -0.4 is 20.5 Å². The Morgan fingerprint density at radius 3 is 2.23 bits per heavy atom. The number of sulfone groups is 1. The Kier molecular flexibility index (Phi) is 15.4. The van der Waals surface area contributed by atoms with E-state index in [4.69, 9.17) is 4.84 Å².